The van der Waals surface area contributed by atoms with Crippen molar-refractivity contribution in [3.8, 4) is 6.07 Å². The average Bonchev–Trinajstić information content (AvgIpc) is 2.43. The van der Waals surface area contributed by atoms with E-state index in [0.717, 1.165) is 12.8 Å². The summed E-state index contributed by atoms with van der Waals surface area (Å²) in [4.78, 5) is 0. The molecule has 0 radical (unpaired) electrons. The second-order valence-corrected chi connectivity index (χ2v) is 2.32. The van der Waals surface area contributed by atoms with Gasteiger partial charge < -0.3 is 5.11 Å². The molecule has 0 spiro atoms. The fourth-order valence-corrected chi connectivity index (χ4v) is 1.09. The van der Waals surface area contributed by atoms with E-state index in [0.29, 0.717) is 11.8 Å². The van der Waals surface area contributed by atoms with Gasteiger partial charge in [-0.15, -0.1) is 6.26 Å². The fourth-order valence-electron chi connectivity index (χ4n) is 1.09. The number of nitriles is 1. The number of allylic oxidation sites excluding steroid dienone is 3. The van der Waals surface area contributed by atoms with E-state index < -0.39 is 0 Å². The molecular formula is C8H8KNO. The van der Waals surface area contributed by atoms with Gasteiger partial charge in [-0.3, -0.25) is 0 Å². The van der Waals surface area contributed by atoms with Crippen LogP contribution >= 0.6 is 0 Å². The molecule has 0 aliphatic heterocycles. The first-order valence-electron chi connectivity index (χ1n) is 3.25. The minimum Gasteiger partial charge on any atom is -0.877 e. The number of hydrogen-bond donors (Lipinski definition) is 0. The molecule has 0 atom stereocenters. The zero-order valence-electron chi connectivity index (χ0n) is 6.58. The summed E-state index contributed by atoms with van der Waals surface area (Å²) in [5.41, 5.74) is 0.380. The van der Waals surface area contributed by atoms with Crippen molar-refractivity contribution >= 4 is 0 Å². The van der Waals surface area contributed by atoms with Gasteiger partial charge in [0.1, 0.15) is 0 Å². The Labute approximate surface area is 109 Å². The summed E-state index contributed by atoms with van der Waals surface area (Å²) in [6.07, 6.45) is 6.37. The summed E-state index contributed by atoms with van der Waals surface area (Å²) in [6.45, 7) is 0. The van der Waals surface area contributed by atoms with Gasteiger partial charge in [-0.25, -0.2) is 0 Å². The summed E-state index contributed by atoms with van der Waals surface area (Å²) in [5, 5.41) is 18.7. The molecule has 3 heteroatoms. The third kappa shape index (κ3) is 3.10. The van der Waals surface area contributed by atoms with Crippen LogP contribution in [0, 0.1) is 17.2 Å². The van der Waals surface area contributed by atoms with E-state index in [1.807, 2.05) is 18.2 Å². The minimum atomic E-state index is 0. The molecule has 1 rings (SSSR count). The van der Waals surface area contributed by atoms with Gasteiger partial charge in [-0.1, -0.05) is 12.2 Å². The molecule has 2 nitrogen and oxygen atoms in total. The van der Waals surface area contributed by atoms with Gasteiger partial charge in [-0.2, -0.15) is 5.26 Å². The predicted octanol–water partition coefficient (Wildman–Crippen LogP) is -2.28. The molecule has 0 unspecified atom stereocenters. The first-order chi connectivity index (χ1) is 4.88. The van der Waals surface area contributed by atoms with Crippen molar-refractivity contribution in [2.75, 3.05) is 0 Å². The van der Waals surface area contributed by atoms with E-state index in [1.54, 1.807) is 0 Å². The molecule has 0 aromatic rings. The number of rotatable bonds is 1. The molecule has 1 aliphatic rings. The molecule has 0 aromatic heterocycles. The van der Waals surface area contributed by atoms with Gasteiger partial charge in [0.05, 0.1) is 6.07 Å². The molecule has 11 heavy (non-hydrogen) atoms. The fraction of sp³-hybridized carbons (Fsp3) is 0.375. The second-order valence-electron chi connectivity index (χ2n) is 2.32. The topological polar surface area (TPSA) is 46.8 Å². The Morgan fingerprint density at radius 3 is 2.45 bits per heavy atom. The maximum absolute atomic E-state index is 10.2. The van der Waals surface area contributed by atoms with Crippen LogP contribution in [0.2, 0.25) is 0 Å². The largest absolute Gasteiger partial charge is 1.00 e. The van der Waals surface area contributed by atoms with E-state index in [-0.39, 0.29) is 57.3 Å². The zero-order chi connectivity index (χ0) is 7.40. The quantitative estimate of drug-likeness (QED) is 0.194. The van der Waals surface area contributed by atoms with E-state index in [2.05, 4.69) is 0 Å². The maximum atomic E-state index is 10.2. The Balaban J connectivity index is 0.000001000. The summed E-state index contributed by atoms with van der Waals surface area (Å²) >= 11 is 0. The van der Waals surface area contributed by atoms with E-state index in [9.17, 15) is 5.11 Å². The summed E-state index contributed by atoms with van der Waals surface area (Å²) in [7, 11) is 0. The predicted molar refractivity (Wildman–Crippen MR) is 35.6 cm³/mol. The van der Waals surface area contributed by atoms with Gasteiger partial charge in [-0.05, 0) is 18.8 Å². The van der Waals surface area contributed by atoms with Crippen molar-refractivity contribution < 1.29 is 56.5 Å². The Kier molecular flexibility index (Phi) is 6.20. The van der Waals surface area contributed by atoms with Crippen molar-refractivity contribution in [3.63, 3.8) is 0 Å². The number of hydrogen-bond acceptors (Lipinski definition) is 2. The van der Waals surface area contributed by atoms with Crippen LogP contribution in [0.3, 0.4) is 0 Å². The van der Waals surface area contributed by atoms with Crippen LogP contribution in [-0.2, 0) is 0 Å². The molecule has 0 fully saturated rings. The summed E-state index contributed by atoms with van der Waals surface area (Å²) < 4.78 is 0. The van der Waals surface area contributed by atoms with E-state index in [1.165, 1.54) is 0 Å². The molecule has 52 valence electrons. The van der Waals surface area contributed by atoms with Crippen molar-refractivity contribution in [3.05, 3.63) is 24.0 Å². The van der Waals surface area contributed by atoms with Crippen LogP contribution in [0.15, 0.2) is 24.0 Å². The third-order valence-electron chi connectivity index (χ3n) is 1.70. The Morgan fingerprint density at radius 2 is 2.09 bits per heavy atom. The van der Waals surface area contributed by atoms with Crippen molar-refractivity contribution in [2.24, 2.45) is 5.92 Å². The summed E-state index contributed by atoms with van der Waals surface area (Å²) in [6, 6.07) is 1.90. The van der Waals surface area contributed by atoms with Gasteiger partial charge in [0, 0.05) is 5.57 Å². The van der Waals surface area contributed by atoms with Crippen LogP contribution in [0.5, 0.6) is 0 Å². The van der Waals surface area contributed by atoms with Crippen LogP contribution < -0.4 is 56.5 Å². The minimum absolute atomic E-state index is 0. The second kappa shape index (κ2) is 5.98. The first kappa shape index (κ1) is 11.4. The first-order valence-corrected chi connectivity index (χ1v) is 3.25. The summed E-state index contributed by atoms with van der Waals surface area (Å²) in [5.74, 6) is 0.169. The average molecular weight is 173 g/mol. The Bertz CT molecular complexity index is 207. The molecule has 0 saturated carbocycles. The molecule has 0 aromatic carbocycles. The van der Waals surface area contributed by atoms with Crippen LogP contribution in [-0.4, -0.2) is 0 Å². The Morgan fingerprint density at radius 1 is 1.55 bits per heavy atom. The van der Waals surface area contributed by atoms with Crippen LogP contribution in [0.4, 0.5) is 0 Å². The van der Waals surface area contributed by atoms with Crippen molar-refractivity contribution in [1.82, 2.24) is 0 Å². The van der Waals surface area contributed by atoms with Crippen LogP contribution in [0.25, 0.3) is 0 Å². The molecule has 0 bridgehead atoms. The monoisotopic (exact) mass is 173 g/mol. The van der Waals surface area contributed by atoms with Gasteiger partial charge in [0.25, 0.3) is 0 Å². The maximum Gasteiger partial charge on any atom is 1.00 e. The van der Waals surface area contributed by atoms with Gasteiger partial charge in [0.2, 0.25) is 0 Å². The van der Waals surface area contributed by atoms with Crippen molar-refractivity contribution in [1.29, 1.82) is 5.26 Å². The SMILES string of the molecule is N#C/C(=C\[O-])C1CC=CC1.[K+]. The molecule has 0 amide bonds. The molecule has 0 saturated heterocycles. The smallest absolute Gasteiger partial charge is 0.877 e. The molecular weight excluding hydrogens is 165 g/mol. The van der Waals surface area contributed by atoms with Gasteiger partial charge in [0.15, 0.2) is 0 Å². The van der Waals surface area contributed by atoms with E-state index in [4.69, 9.17) is 5.26 Å². The van der Waals surface area contributed by atoms with Crippen LogP contribution in [0.1, 0.15) is 12.8 Å². The third-order valence-corrected chi connectivity index (χ3v) is 1.70. The standard InChI is InChI=1S/C8H9NO.K/c9-5-8(6-10)7-3-1-2-4-7;/h1-2,6-7,10H,3-4H2;/q;+1/p-1/b8-6+;. The molecule has 1 aliphatic carbocycles. The normalized spacial score (nSPS) is 17.5. The number of nitrogens with zero attached hydrogens (tertiary/aromatic N) is 1. The molecule has 0 N–H and O–H groups in total. The molecule has 0 heterocycles. The Hall–Kier alpha value is 0.406. The zero-order valence-corrected chi connectivity index (χ0v) is 9.70. The van der Waals surface area contributed by atoms with E-state index >= 15 is 0 Å². The van der Waals surface area contributed by atoms with Crippen molar-refractivity contribution in [2.45, 2.75) is 12.8 Å². The van der Waals surface area contributed by atoms with Gasteiger partial charge >= 0.3 is 51.4 Å².